The summed E-state index contributed by atoms with van der Waals surface area (Å²) in [6, 6.07) is 5.05. The van der Waals surface area contributed by atoms with Crippen LogP contribution in [0.5, 0.6) is 0 Å². The quantitative estimate of drug-likeness (QED) is 0.873. The van der Waals surface area contributed by atoms with E-state index in [1.807, 2.05) is 6.92 Å². The van der Waals surface area contributed by atoms with Crippen LogP contribution in [0.4, 0.5) is 0 Å². The molecule has 2 nitrogen and oxygen atoms in total. The molecule has 0 heterocycles. The first-order valence-corrected chi connectivity index (χ1v) is 6.06. The summed E-state index contributed by atoms with van der Waals surface area (Å²) in [5, 5.41) is 3.76. The summed E-state index contributed by atoms with van der Waals surface area (Å²) >= 11 is 11.6. The van der Waals surface area contributed by atoms with Crippen LogP contribution in [0.15, 0.2) is 18.2 Å². The third-order valence-corrected chi connectivity index (χ3v) is 3.02. The molecule has 0 aliphatic carbocycles. The first kappa shape index (κ1) is 13.3. The van der Waals surface area contributed by atoms with Gasteiger partial charge in [0, 0.05) is 11.6 Å². The SMILES string of the molecule is CCCC(C)NC(=O)c1ccc(Cl)c(Cl)c1. The molecule has 88 valence electrons. The second-order valence-corrected chi connectivity index (χ2v) is 4.61. The van der Waals surface area contributed by atoms with Crippen molar-refractivity contribution < 1.29 is 4.79 Å². The molecule has 1 atom stereocenters. The highest BCUT2D eigenvalue weighted by Crippen LogP contribution is 2.22. The molecular weight excluding hydrogens is 245 g/mol. The second-order valence-electron chi connectivity index (χ2n) is 3.79. The van der Waals surface area contributed by atoms with Gasteiger partial charge in [0.05, 0.1) is 10.0 Å². The largest absolute Gasteiger partial charge is 0.350 e. The van der Waals surface area contributed by atoms with E-state index in [0.717, 1.165) is 12.8 Å². The molecule has 0 saturated heterocycles. The minimum absolute atomic E-state index is 0.112. The summed E-state index contributed by atoms with van der Waals surface area (Å²) in [5.74, 6) is -0.112. The predicted molar refractivity (Wildman–Crippen MR) is 68.3 cm³/mol. The Morgan fingerprint density at radius 2 is 2.06 bits per heavy atom. The number of benzene rings is 1. The number of halogens is 2. The zero-order valence-corrected chi connectivity index (χ0v) is 10.9. The standard InChI is InChI=1S/C12H15Cl2NO/c1-3-4-8(2)15-12(16)9-5-6-10(13)11(14)7-9/h5-8H,3-4H2,1-2H3,(H,15,16). The topological polar surface area (TPSA) is 29.1 Å². The van der Waals surface area contributed by atoms with Gasteiger partial charge in [-0.25, -0.2) is 0 Å². The first-order valence-electron chi connectivity index (χ1n) is 5.30. The van der Waals surface area contributed by atoms with Crippen LogP contribution in [0, 0.1) is 0 Å². The van der Waals surface area contributed by atoms with E-state index in [9.17, 15) is 4.79 Å². The van der Waals surface area contributed by atoms with E-state index in [1.165, 1.54) is 0 Å². The molecule has 1 rings (SSSR count). The number of hydrogen-bond acceptors (Lipinski definition) is 1. The lowest BCUT2D eigenvalue weighted by molar-refractivity contribution is 0.0938. The van der Waals surface area contributed by atoms with E-state index < -0.39 is 0 Å². The van der Waals surface area contributed by atoms with Crippen LogP contribution < -0.4 is 5.32 Å². The highest BCUT2D eigenvalue weighted by Gasteiger charge is 2.10. The van der Waals surface area contributed by atoms with E-state index in [4.69, 9.17) is 23.2 Å². The van der Waals surface area contributed by atoms with Gasteiger partial charge in [0.2, 0.25) is 0 Å². The maximum atomic E-state index is 11.8. The lowest BCUT2D eigenvalue weighted by Gasteiger charge is -2.12. The van der Waals surface area contributed by atoms with Crippen molar-refractivity contribution in [2.45, 2.75) is 32.7 Å². The van der Waals surface area contributed by atoms with Crippen LogP contribution in [0.2, 0.25) is 10.0 Å². The molecule has 4 heteroatoms. The number of hydrogen-bond donors (Lipinski definition) is 1. The molecule has 0 spiro atoms. The molecule has 0 aromatic heterocycles. The van der Waals surface area contributed by atoms with Crippen LogP contribution >= 0.6 is 23.2 Å². The van der Waals surface area contributed by atoms with Crippen LogP contribution in [0.25, 0.3) is 0 Å². The molecule has 1 aromatic carbocycles. The molecule has 1 unspecified atom stereocenters. The molecule has 1 aromatic rings. The van der Waals surface area contributed by atoms with E-state index >= 15 is 0 Å². The zero-order chi connectivity index (χ0) is 12.1. The predicted octanol–water partition coefficient (Wildman–Crippen LogP) is 3.91. The van der Waals surface area contributed by atoms with Gasteiger partial charge < -0.3 is 5.32 Å². The number of carbonyl (C=O) groups is 1. The van der Waals surface area contributed by atoms with Crippen molar-refractivity contribution in [1.29, 1.82) is 0 Å². The molecule has 0 aliphatic heterocycles. The molecule has 16 heavy (non-hydrogen) atoms. The normalized spacial score (nSPS) is 12.2. The van der Waals surface area contributed by atoms with Gasteiger partial charge >= 0.3 is 0 Å². The van der Waals surface area contributed by atoms with Crippen LogP contribution in [-0.4, -0.2) is 11.9 Å². The molecule has 1 N–H and O–H groups in total. The van der Waals surface area contributed by atoms with Crippen molar-refractivity contribution >= 4 is 29.1 Å². The summed E-state index contributed by atoms with van der Waals surface area (Å²) in [6.45, 7) is 4.07. The summed E-state index contributed by atoms with van der Waals surface area (Å²) < 4.78 is 0. The zero-order valence-electron chi connectivity index (χ0n) is 9.39. The van der Waals surface area contributed by atoms with Crippen LogP contribution in [0.1, 0.15) is 37.0 Å². The minimum Gasteiger partial charge on any atom is -0.350 e. The lowest BCUT2D eigenvalue weighted by Crippen LogP contribution is -2.32. The van der Waals surface area contributed by atoms with Crippen molar-refractivity contribution in [3.8, 4) is 0 Å². The van der Waals surface area contributed by atoms with Gasteiger partial charge in [-0.2, -0.15) is 0 Å². The molecule has 0 saturated carbocycles. The molecular formula is C12H15Cl2NO. The number of nitrogens with one attached hydrogen (secondary N) is 1. The fraction of sp³-hybridized carbons (Fsp3) is 0.417. The second kappa shape index (κ2) is 6.12. The molecule has 0 aliphatic rings. The Morgan fingerprint density at radius 3 is 2.62 bits per heavy atom. The van der Waals surface area contributed by atoms with Gasteiger partial charge in [0.1, 0.15) is 0 Å². The fourth-order valence-corrected chi connectivity index (χ4v) is 1.75. The van der Waals surface area contributed by atoms with E-state index in [-0.39, 0.29) is 11.9 Å². The Morgan fingerprint density at radius 1 is 1.38 bits per heavy atom. The van der Waals surface area contributed by atoms with Gasteiger partial charge in [0.25, 0.3) is 5.91 Å². The van der Waals surface area contributed by atoms with E-state index in [1.54, 1.807) is 18.2 Å². The van der Waals surface area contributed by atoms with Gasteiger partial charge in [-0.05, 0) is 31.5 Å². The Balaban J connectivity index is 2.69. The molecule has 0 radical (unpaired) electrons. The number of rotatable bonds is 4. The molecule has 0 bridgehead atoms. The van der Waals surface area contributed by atoms with E-state index in [0.29, 0.717) is 15.6 Å². The number of amides is 1. The Kier molecular flexibility index (Phi) is 5.10. The average Bonchev–Trinajstić information content (AvgIpc) is 2.22. The van der Waals surface area contributed by atoms with Crippen LogP contribution in [-0.2, 0) is 0 Å². The van der Waals surface area contributed by atoms with Gasteiger partial charge in [0.15, 0.2) is 0 Å². The van der Waals surface area contributed by atoms with Gasteiger partial charge in [-0.3, -0.25) is 4.79 Å². The van der Waals surface area contributed by atoms with Crippen molar-refractivity contribution in [2.75, 3.05) is 0 Å². The first-order chi connectivity index (χ1) is 7.54. The molecule has 1 amide bonds. The highest BCUT2D eigenvalue weighted by molar-refractivity contribution is 6.42. The average molecular weight is 260 g/mol. The van der Waals surface area contributed by atoms with Crippen molar-refractivity contribution in [3.05, 3.63) is 33.8 Å². The number of carbonyl (C=O) groups excluding carboxylic acids is 1. The van der Waals surface area contributed by atoms with Crippen molar-refractivity contribution in [2.24, 2.45) is 0 Å². The maximum Gasteiger partial charge on any atom is 0.251 e. The summed E-state index contributed by atoms with van der Waals surface area (Å²) in [4.78, 5) is 11.8. The fourth-order valence-electron chi connectivity index (χ4n) is 1.45. The summed E-state index contributed by atoms with van der Waals surface area (Å²) in [5.41, 5.74) is 0.539. The minimum atomic E-state index is -0.112. The molecule has 0 fully saturated rings. The maximum absolute atomic E-state index is 11.8. The van der Waals surface area contributed by atoms with Crippen molar-refractivity contribution in [1.82, 2.24) is 5.32 Å². The van der Waals surface area contributed by atoms with E-state index in [2.05, 4.69) is 12.2 Å². The summed E-state index contributed by atoms with van der Waals surface area (Å²) in [6.07, 6.45) is 2.01. The van der Waals surface area contributed by atoms with Crippen LogP contribution in [0.3, 0.4) is 0 Å². The monoisotopic (exact) mass is 259 g/mol. The van der Waals surface area contributed by atoms with Gasteiger partial charge in [-0.15, -0.1) is 0 Å². The lowest BCUT2D eigenvalue weighted by atomic mass is 10.1. The third kappa shape index (κ3) is 3.69. The van der Waals surface area contributed by atoms with Gasteiger partial charge in [-0.1, -0.05) is 36.5 Å². The Labute approximate surface area is 106 Å². The highest BCUT2D eigenvalue weighted by atomic mass is 35.5. The van der Waals surface area contributed by atoms with Crippen molar-refractivity contribution in [3.63, 3.8) is 0 Å². The Hall–Kier alpha value is -0.730. The third-order valence-electron chi connectivity index (χ3n) is 2.28. The summed E-state index contributed by atoms with van der Waals surface area (Å²) in [7, 11) is 0. The smallest absolute Gasteiger partial charge is 0.251 e. The Bertz CT molecular complexity index is 379.